The van der Waals surface area contributed by atoms with Gasteiger partial charge in [0.25, 0.3) is 0 Å². The lowest BCUT2D eigenvalue weighted by Crippen LogP contribution is -2.41. The first-order chi connectivity index (χ1) is 8.34. The van der Waals surface area contributed by atoms with Gasteiger partial charge in [0.1, 0.15) is 0 Å². The molecule has 18 heavy (non-hydrogen) atoms. The summed E-state index contributed by atoms with van der Waals surface area (Å²) in [5, 5.41) is 0. The van der Waals surface area contributed by atoms with E-state index in [-0.39, 0.29) is 0 Å². The molecule has 0 aliphatic heterocycles. The Bertz CT molecular complexity index is 515. The van der Waals surface area contributed by atoms with E-state index in [0.717, 1.165) is 17.1 Å². The van der Waals surface area contributed by atoms with Gasteiger partial charge < -0.3 is 4.74 Å². The Morgan fingerprint density at radius 2 is 1.89 bits per heavy atom. The number of amides is 1. The molecule has 0 aliphatic rings. The molecule has 0 aliphatic carbocycles. The van der Waals surface area contributed by atoms with E-state index >= 15 is 0 Å². The maximum atomic E-state index is 11.5. The monoisotopic (exact) mass is 336 g/mol. The van der Waals surface area contributed by atoms with Crippen molar-refractivity contribution in [3.63, 3.8) is 0 Å². The molecule has 0 spiro atoms. The molecule has 1 aromatic rings. The fourth-order valence-corrected chi connectivity index (χ4v) is 2.46. The van der Waals surface area contributed by atoms with Crippen molar-refractivity contribution in [3.05, 3.63) is 34.3 Å². The van der Waals surface area contributed by atoms with E-state index in [1.807, 2.05) is 0 Å². The number of carbonyl (C=O) groups is 1. The van der Waals surface area contributed by atoms with Crippen molar-refractivity contribution >= 4 is 32.2 Å². The highest BCUT2D eigenvalue weighted by Gasteiger charge is 2.18. The van der Waals surface area contributed by atoms with Crippen LogP contribution in [0.5, 0.6) is 0 Å². The van der Waals surface area contributed by atoms with Crippen molar-refractivity contribution in [3.8, 4) is 0 Å². The van der Waals surface area contributed by atoms with E-state index in [1.165, 1.54) is 0 Å². The number of methoxy groups -OCH3 is 1. The Hall–Kier alpha value is -1.12. The molecule has 1 atom stereocenters. The molecule has 1 aromatic carbocycles. The van der Waals surface area contributed by atoms with E-state index < -0.39 is 22.3 Å². The molecule has 0 radical (unpaired) electrons. The smallest absolute Gasteiger partial charge is 0.421 e. The summed E-state index contributed by atoms with van der Waals surface area (Å²) in [5.74, 6) is 0. The molecular weight excluding hydrogens is 324 g/mol. The molecule has 0 saturated heterocycles. The van der Waals surface area contributed by atoms with E-state index in [4.69, 9.17) is 0 Å². The molecule has 0 aromatic heterocycles. The Balaban J connectivity index is 2.72. The second-order valence-electron chi connectivity index (χ2n) is 3.49. The molecule has 0 bridgehead atoms. The van der Waals surface area contributed by atoms with Crippen molar-refractivity contribution in [1.82, 2.24) is 9.44 Å². The van der Waals surface area contributed by atoms with Crippen LogP contribution in [0.25, 0.3) is 0 Å². The van der Waals surface area contributed by atoms with Gasteiger partial charge in [-0.1, -0.05) is 28.1 Å². The van der Waals surface area contributed by atoms with Crippen LogP contribution in [0.1, 0.15) is 18.5 Å². The topological polar surface area (TPSA) is 84.5 Å². The summed E-state index contributed by atoms with van der Waals surface area (Å²) in [7, 11) is -2.85. The highest BCUT2D eigenvalue weighted by molar-refractivity contribution is 9.10. The molecular formula is C10H13BrN2O4S. The number of nitrogens with one attached hydrogen (secondary N) is 2. The van der Waals surface area contributed by atoms with Gasteiger partial charge in [-0.25, -0.2) is 9.52 Å². The zero-order valence-electron chi connectivity index (χ0n) is 9.81. The summed E-state index contributed by atoms with van der Waals surface area (Å²) in [5.41, 5.74) is 0.772. The minimum absolute atomic E-state index is 0.472. The first kappa shape index (κ1) is 14.9. The van der Waals surface area contributed by atoms with Crippen LogP contribution in [0.3, 0.4) is 0 Å². The van der Waals surface area contributed by atoms with Gasteiger partial charge in [0.05, 0.1) is 7.11 Å². The minimum Gasteiger partial charge on any atom is -0.452 e. The molecule has 0 saturated carbocycles. The summed E-state index contributed by atoms with van der Waals surface area (Å²) in [6.45, 7) is 1.67. The fraction of sp³-hybridized carbons (Fsp3) is 0.300. The van der Waals surface area contributed by atoms with Gasteiger partial charge >= 0.3 is 16.3 Å². The van der Waals surface area contributed by atoms with Crippen LogP contribution in [0.15, 0.2) is 28.7 Å². The predicted molar refractivity (Wildman–Crippen MR) is 70.2 cm³/mol. The van der Waals surface area contributed by atoms with E-state index in [9.17, 15) is 13.2 Å². The van der Waals surface area contributed by atoms with Gasteiger partial charge in [-0.2, -0.15) is 13.1 Å². The highest BCUT2D eigenvalue weighted by atomic mass is 79.9. The number of hydrogen-bond donors (Lipinski definition) is 2. The standard InChI is InChI=1S/C10H13BrN2O4S/c1-7(8-3-5-9(11)6-4-8)12-18(15,16)13-10(14)17-2/h3-7,12H,1-2H3,(H,13,14). The van der Waals surface area contributed by atoms with Crippen molar-refractivity contribution < 1.29 is 17.9 Å². The maximum absolute atomic E-state index is 11.5. The lowest BCUT2D eigenvalue weighted by Gasteiger charge is -2.14. The summed E-state index contributed by atoms with van der Waals surface area (Å²) >= 11 is 3.29. The third-order valence-corrected chi connectivity index (χ3v) is 3.73. The van der Waals surface area contributed by atoms with Gasteiger partial charge in [-0.15, -0.1) is 0 Å². The molecule has 100 valence electrons. The van der Waals surface area contributed by atoms with Gasteiger partial charge in [0.15, 0.2) is 0 Å². The average molecular weight is 337 g/mol. The van der Waals surface area contributed by atoms with Crippen molar-refractivity contribution in [1.29, 1.82) is 0 Å². The normalized spacial score (nSPS) is 12.8. The van der Waals surface area contributed by atoms with E-state index in [1.54, 1.807) is 35.9 Å². The molecule has 2 N–H and O–H groups in total. The Morgan fingerprint density at radius 1 is 1.33 bits per heavy atom. The van der Waals surface area contributed by atoms with Crippen LogP contribution in [0, 0.1) is 0 Å². The highest BCUT2D eigenvalue weighted by Crippen LogP contribution is 2.16. The first-order valence-electron chi connectivity index (χ1n) is 4.97. The molecule has 1 rings (SSSR count). The fourth-order valence-electron chi connectivity index (χ4n) is 1.23. The number of ether oxygens (including phenoxy) is 1. The maximum Gasteiger partial charge on any atom is 0.421 e. The van der Waals surface area contributed by atoms with Crippen LogP contribution in [-0.2, 0) is 14.9 Å². The lowest BCUT2D eigenvalue weighted by atomic mass is 10.1. The van der Waals surface area contributed by atoms with E-state index in [0.29, 0.717) is 0 Å². The van der Waals surface area contributed by atoms with Gasteiger partial charge in [-0.3, -0.25) is 0 Å². The second-order valence-corrected chi connectivity index (χ2v) is 5.85. The Labute approximate surface area is 114 Å². The van der Waals surface area contributed by atoms with Gasteiger partial charge in [0.2, 0.25) is 0 Å². The molecule has 8 heteroatoms. The van der Waals surface area contributed by atoms with Gasteiger partial charge in [-0.05, 0) is 24.6 Å². The Kier molecular flexibility index (Phi) is 5.12. The Morgan fingerprint density at radius 3 is 2.39 bits per heavy atom. The summed E-state index contributed by atoms with van der Waals surface area (Å²) in [6.07, 6.45) is -1.04. The zero-order chi connectivity index (χ0) is 13.8. The van der Waals surface area contributed by atoms with Crippen LogP contribution in [-0.4, -0.2) is 21.6 Å². The first-order valence-corrected chi connectivity index (χ1v) is 7.25. The molecule has 6 nitrogen and oxygen atoms in total. The largest absolute Gasteiger partial charge is 0.452 e. The quantitative estimate of drug-likeness (QED) is 0.876. The van der Waals surface area contributed by atoms with Gasteiger partial charge in [0, 0.05) is 10.5 Å². The van der Waals surface area contributed by atoms with Crippen LogP contribution in [0.2, 0.25) is 0 Å². The summed E-state index contributed by atoms with van der Waals surface area (Å²) < 4.78 is 32.2. The number of benzene rings is 1. The van der Waals surface area contributed by atoms with Crippen LogP contribution < -0.4 is 9.44 Å². The number of rotatable bonds is 4. The van der Waals surface area contributed by atoms with Crippen molar-refractivity contribution in [2.24, 2.45) is 0 Å². The summed E-state index contributed by atoms with van der Waals surface area (Å²) in [6, 6.07) is 6.67. The zero-order valence-corrected chi connectivity index (χ0v) is 12.2. The average Bonchev–Trinajstić information content (AvgIpc) is 2.28. The molecule has 1 unspecified atom stereocenters. The molecule has 0 heterocycles. The van der Waals surface area contributed by atoms with Crippen LogP contribution >= 0.6 is 15.9 Å². The predicted octanol–water partition coefficient (Wildman–Crippen LogP) is 1.70. The SMILES string of the molecule is COC(=O)NS(=O)(=O)NC(C)c1ccc(Br)cc1. The third kappa shape index (κ3) is 4.63. The van der Waals surface area contributed by atoms with Crippen molar-refractivity contribution in [2.45, 2.75) is 13.0 Å². The van der Waals surface area contributed by atoms with Crippen LogP contribution in [0.4, 0.5) is 4.79 Å². The number of carbonyl (C=O) groups excluding carboxylic acids is 1. The molecule has 0 fully saturated rings. The molecule has 1 amide bonds. The number of halogens is 1. The number of hydrogen-bond acceptors (Lipinski definition) is 4. The lowest BCUT2D eigenvalue weighted by molar-refractivity contribution is 0.177. The van der Waals surface area contributed by atoms with E-state index in [2.05, 4.69) is 25.4 Å². The summed E-state index contributed by atoms with van der Waals surface area (Å²) in [4.78, 5) is 10.8. The minimum atomic E-state index is -3.94. The third-order valence-electron chi connectivity index (χ3n) is 2.11. The second kappa shape index (κ2) is 6.17. The van der Waals surface area contributed by atoms with Crippen molar-refractivity contribution in [2.75, 3.05) is 7.11 Å².